The Balaban J connectivity index is 1.65. The standard InChI is InChI=1S/C19H34N4O4/c1-12(2)5-13(10-20)6-19(22-17(25)27-23-19)26-16(24)9-18(11-21)7-14-3-4-15(14)8-18/h12-15,23H,3-11,20-21H2,1-2H3,(H,22,25). The van der Waals surface area contributed by atoms with Crippen molar-refractivity contribution in [2.75, 3.05) is 13.1 Å². The predicted octanol–water partition coefficient (Wildman–Crippen LogP) is 1.59. The molecule has 0 bridgehead atoms. The van der Waals surface area contributed by atoms with Gasteiger partial charge >= 0.3 is 12.1 Å². The van der Waals surface area contributed by atoms with Crippen LogP contribution in [0.15, 0.2) is 0 Å². The normalized spacial score (nSPS) is 36.0. The molecule has 1 heterocycles. The second-order valence-corrected chi connectivity index (χ2v) is 9.24. The molecule has 8 heteroatoms. The lowest BCUT2D eigenvalue weighted by Crippen LogP contribution is -2.55. The highest BCUT2D eigenvalue weighted by molar-refractivity contribution is 5.73. The van der Waals surface area contributed by atoms with Crippen LogP contribution >= 0.6 is 0 Å². The first-order valence-electron chi connectivity index (χ1n) is 10.2. The lowest BCUT2D eigenvalue weighted by Gasteiger charge is -2.33. The van der Waals surface area contributed by atoms with Crippen LogP contribution in [-0.2, 0) is 14.4 Å². The van der Waals surface area contributed by atoms with E-state index in [0.29, 0.717) is 37.3 Å². The van der Waals surface area contributed by atoms with Crippen LogP contribution in [0.25, 0.3) is 0 Å². The molecule has 4 unspecified atom stereocenters. The van der Waals surface area contributed by atoms with E-state index in [2.05, 4.69) is 24.6 Å². The van der Waals surface area contributed by atoms with E-state index in [4.69, 9.17) is 21.0 Å². The number of hydrogen-bond donors (Lipinski definition) is 4. The summed E-state index contributed by atoms with van der Waals surface area (Å²) in [5.41, 5.74) is 14.4. The molecule has 4 atom stereocenters. The van der Waals surface area contributed by atoms with Gasteiger partial charge in [0.2, 0.25) is 0 Å². The number of nitrogens with two attached hydrogens (primary N) is 2. The SMILES string of the molecule is CC(C)CC(CN)CC1(OC(=O)CC2(CN)CC3CCC3C2)NOC(=O)N1. The summed E-state index contributed by atoms with van der Waals surface area (Å²) in [6, 6.07) is 0. The minimum atomic E-state index is -1.36. The second kappa shape index (κ2) is 7.93. The van der Waals surface area contributed by atoms with Crippen molar-refractivity contribution in [3.63, 3.8) is 0 Å². The van der Waals surface area contributed by atoms with Crippen molar-refractivity contribution in [2.24, 2.45) is 40.6 Å². The Morgan fingerprint density at radius 2 is 1.96 bits per heavy atom. The first-order chi connectivity index (χ1) is 12.8. The fraction of sp³-hybridized carbons (Fsp3) is 0.895. The summed E-state index contributed by atoms with van der Waals surface area (Å²) in [4.78, 5) is 29.3. The third kappa shape index (κ3) is 4.55. The highest BCUT2D eigenvalue weighted by Gasteiger charge is 2.51. The Labute approximate surface area is 161 Å². The zero-order chi connectivity index (χ0) is 19.7. The number of ether oxygens (including phenoxy) is 1. The van der Waals surface area contributed by atoms with E-state index in [-0.39, 0.29) is 23.7 Å². The molecule has 1 saturated heterocycles. The van der Waals surface area contributed by atoms with Gasteiger partial charge in [-0.2, -0.15) is 0 Å². The molecule has 1 aliphatic heterocycles. The minimum Gasteiger partial charge on any atom is -0.422 e. The van der Waals surface area contributed by atoms with E-state index in [1.165, 1.54) is 12.8 Å². The molecule has 3 rings (SSSR count). The van der Waals surface area contributed by atoms with Crippen LogP contribution < -0.4 is 22.3 Å². The summed E-state index contributed by atoms with van der Waals surface area (Å²) >= 11 is 0. The largest absolute Gasteiger partial charge is 0.430 e. The molecule has 3 fully saturated rings. The van der Waals surface area contributed by atoms with Crippen molar-refractivity contribution in [1.29, 1.82) is 0 Å². The van der Waals surface area contributed by atoms with Gasteiger partial charge in [0.1, 0.15) is 0 Å². The quantitative estimate of drug-likeness (QED) is 0.446. The maximum atomic E-state index is 12.8. The van der Waals surface area contributed by atoms with E-state index in [1.807, 2.05) is 0 Å². The van der Waals surface area contributed by atoms with Gasteiger partial charge in [-0.1, -0.05) is 19.3 Å². The zero-order valence-electron chi connectivity index (χ0n) is 16.5. The third-order valence-electron chi connectivity index (χ3n) is 6.53. The van der Waals surface area contributed by atoms with Crippen molar-refractivity contribution >= 4 is 12.1 Å². The highest BCUT2D eigenvalue weighted by atomic mass is 16.8. The van der Waals surface area contributed by atoms with E-state index < -0.39 is 11.9 Å². The van der Waals surface area contributed by atoms with Crippen LogP contribution in [0.2, 0.25) is 0 Å². The molecule has 27 heavy (non-hydrogen) atoms. The molecule has 0 spiro atoms. The van der Waals surface area contributed by atoms with Gasteiger partial charge in [-0.05, 0) is 74.3 Å². The molecular weight excluding hydrogens is 348 g/mol. The van der Waals surface area contributed by atoms with Gasteiger partial charge in [0.15, 0.2) is 0 Å². The number of carbonyl (C=O) groups is 2. The second-order valence-electron chi connectivity index (χ2n) is 9.24. The Morgan fingerprint density at radius 3 is 2.41 bits per heavy atom. The summed E-state index contributed by atoms with van der Waals surface area (Å²) in [7, 11) is 0. The minimum absolute atomic E-state index is 0.0816. The molecule has 8 nitrogen and oxygen atoms in total. The molecule has 0 radical (unpaired) electrons. The van der Waals surface area contributed by atoms with Gasteiger partial charge in [0, 0.05) is 6.42 Å². The van der Waals surface area contributed by atoms with E-state index in [1.54, 1.807) is 0 Å². The molecule has 154 valence electrons. The lowest BCUT2D eigenvalue weighted by molar-refractivity contribution is -0.178. The van der Waals surface area contributed by atoms with Gasteiger partial charge in [-0.3, -0.25) is 10.1 Å². The Morgan fingerprint density at radius 1 is 1.30 bits per heavy atom. The molecule has 3 aliphatic rings. The number of carbonyl (C=O) groups excluding carboxylic acids is 2. The number of hydroxylamine groups is 1. The van der Waals surface area contributed by atoms with Crippen LogP contribution in [0.4, 0.5) is 4.79 Å². The van der Waals surface area contributed by atoms with Crippen molar-refractivity contribution in [2.45, 2.75) is 64.6 Å². The fourth-order valence-corrected chi connectivity index (χ4v) is 5.15. The van der Waals surface area contributed by atoms with Gasteiger partial charge in [0.25, 0.3) is 5.85 Å². The topological polar surface area (TPSA) is 129 Å². The summed E-state index contributed by atoms with van der Waals surface area (Å²) in [5.74, 6) is 0.212. The van der Waals surface area contributed by atoms with Crippen LogP contribution in [-0.4, -0.2) is 31.0 Å². The number of fused-ring (bicyclic) bond motifs is 1. The van der Waals surface area contributed by atoms with Gasteiger partial charge in [0.05, 0.1) is 6.42 Å². The average molecular weight is 383 g/mol. The van der Waals surface area contributed by atoms with E-state index in [0.717, 1.165) is 19.3 Å². The highest BCUT2D eigenvalue weighted by Crippen LogP contribution is 2.56. The van der Waals surface area contributed by atoms with Crippen LogP contribution in [0.5, 0.6) is 0 Å². The number of amides is 1. The number of nitrogens with one attached hydrogen (secondary N) is 2. The van der Waals surface area contributed by atoms with Gasteiger partial charge in [-0.15, -0.1) is 0 Å². The first kappa shape index (κ1) is 20.4. The maximum absolute atomic E-state index is 12.8. The molecule has 2 saturated carbocycles. The number of rotatable bonds is 9. The third-order valence-corrected chi connectivity index (χ3v) is 6.53. The molecule has 0 aromatic heterocycles. The molecular formula is C19H34N4O4. The molecule has 1 amide bonds. The molecule has 0 aromatic rings. The van der Waals surface area contributed by atoms with Crippen molar-refractivity contribution in [3.8, 4) is 0 Å². The summed E-state index contributed by atoms with van der Waals surface area (Å²) in [6.07, 6.45) is 5.30. The predicted molar refractivity (Wildman–Crippen MR) is 99.7 cm³/mol. The molecule has 6 N–H and O–H groups in total. The molecule has 0 aromatic carbocycles. The maximum Gasteiger partial charge on any atom is 0.430 e. The summed E-state index contributed by atoms with van der Waals surface area (Å²) < 4.78 is 5.74. The Hall–Kier alpha value is -1.38. The zero-order valence-corrected chi connectivity index (χ0v) is 16.5. The lowest BCUT2D eigenvalue weighted by atomic mass is 9.77. The monoisotopic (exact) mass is 382 g/mol. The van der Waals surface area contributed by atoms with E-state index >= 15 is 0 Å². The first-order valence-corrected chi connectivity index (χ1v) is 10.2. The fourth-order valence-electron chi connectivity index (χ4n) is 5.15. The van der Waals surface area contributed by atoms with Gasteiger partial charge < -0.3 is 21.0 Å². The van der Waals surface area contributed by atoms with E-state index in [9.17, 15) is 9.59 Å². The smallest absolute Gasteiger partial charge is 0.422 e. The van der Waals surface area contributed by atoms with Crippen LogP contribution in [0, 0.1) is 29.1 Å². The van der Waals surface area contributed by atoms with Crippen LogP contribution in [0.3, 0.4) is 0 Å². The number of esters is 1. The summed E-state index contributed by atoms with van der Waals surface area (Å²) in [5, 5.41) is 2.62. The van der Waals surface area contributed by atoms with Crippen LogP contribution in [0.1, 0.15) is 58.8 Å². The summed E-state index contributed by atoms with van der Waals surface area (Å²) in [6.45, 7) is 5.14. The van der Waals surface area contributed by atoms with Crippen molar-refractivity contribution in [3.05, 3.63) is 0 Å². The van der Waals surface area contributed by atoms with Crippen molar-refractivity contribution < 1.29 is 19.2 Å². The average Bonchev–Trinajstić information content (AvgIpc) is 3.06. The molecule has 2 aliphatic carbocycles. The Kier molecular flexibility index (Phi) is 5.98. The Bertz CT molecular complexity index is 558. The van der Waals surface area contributed by atoms with Crippen molar-refractivity contribution in [1.82, 2.24) is 10.8 Å². The number of hydrogen-bond acceptors (Lipinski definition) is 7. The van der Waals surface area contributed by atoms with Gasteiger partial charge in [-0.25, -0.2) is 4.79 Å².